The third-order valence-electron chi connectivity index (χ3n) is 3.91. The molecule has 2 N–H and O–H groups in total. The molecule has 2 aromatic rings. The van der Waals surface area contributed by atoms with E-state index in [1.54, 1.807) is 0 Å². The van der Waals surface area contributed by atoms with Crippen molar-refractivity contribution in [2.75, 3.05) is 28.6 Å². The first-order valence-corrected chi connectivity index (χ1v) is 8.11. The van der Waals surface area contributed by atoms with Gasteiger partial charge in [0.05, 0.1) is 0 Å². The van der Waals surface area contributed by atoms with Crippen LogP contribution in [-0.4, -0.2) is 18.2 Å². The molecule has 0 bridgehead atoms. The van der Waals surface area contributed by atoms with Crippen molar-refractivity contribution >= 4 is 34.4 Å². The SMILES string of the molecule is Cc1ccc(NC(=S)Nc2ccc(N3CCCC3)cc2)cc1. The third kappa shape index (κ3) is 3.77. The Labute approximate surface area is 137 Å². The zero-order valence-electron chi connectivity index (χ0n) is 12.8. The Hall–Kier alpha value is -2.07. The molecule has 0 unspecified atom stereocenters. The monoisotopic (exact) mass is 311 g/mol. The van der Waals surface area contributed by atoms with Crippen LogP contribution in [0.25, 0.3) is 0 Å². The van der Waals surface area contributed by atoms with Gasteiger partial charge in [-0.3, -0.25) is 0 Å². The Morgan fingerprint density at radius 3 is 1.91 bits per heavy atom. The summed E-state index contributed by atoms with van der Waals surface area (Å²) in [4.78, 5) is 2.42. The lowest BCUT2D eigenvalue weighted by molar-refractivity contribution is 0.949. The highest BCUT2D eigenvalue weighted by Crippen LogP contribution is 2.22. The molecular weight excluding hydrogens is 290 g/mol. The van der Waals surface area contributed by atoms with Crippen molar-refractivity contribution < 1.29 is 0 Å². The van der Waals surface area contributed by atoms with E-state index in [4.69, 9.17) is 12.2 Å². The first kappa shape index (κ1) is 14.9. The number of hydrogen-bond acceptors (Lipinski definition) is 2. The molecule has 0 aliphatic carbocycles. The van der Waals surface area contributed by atoms with Crippen LogP contribution < -0.4 is 15.5 Å². The Kier molecular flexibility index (Phi) is 4.59. The largest absolute Gasteiger partial charge is 0.372 e. The smallest absolute Gasteiger partial charge is 0.175 e. The lowest BCUT2D eigenvalue weighted by Gasteiger charge is -2.18. The standard InChI is InChI=1S/C18H21N3S/c1-14-4-6-15(7-5-14)19-18(22)20-16-8-10-17(11-9-16)21-12-2-3-13-21/h4-11H,2-3,12-13H2,1H3,(H2,19,20,22). The fraction of sp³-hybridized carbons (Fsp3) is 0.278. The topological polar surface area (TPSA) is 27.3 Å². The number of thiocarbonyl (C=S) groups is 1. The van der Waals surface area contributed by atoms with Crippen molar-refractivity contribution in [1.29, 1.82) is 0 Å². The van der Waals surface area contributed by atoms with Gasteiger partial charge >= 0.3 is 0 Å². The molecule has 114 valence electrons. The van der Waals surface area contributed by atoms with Crippen LogP contribution in [-0.2, 0) is 0 Å². The van der Waals surface area contributed by atoms with Crippen LogP contribution in [0.15, 0.2) is 48.5 Å². The summed E-state index contributed by atoms with van der Waals surface area (Å²) in [6, 6.07) is 16.7. The van der Waals surface area contributed by atoms with Gasteiger partial charge in [-0.2, -0.15) is 0 Å². The van der Waals surface area contributed by atoms with Gasteiger partial charge in [-0.15, -0.1) is 0 Å². The maximum atomic E-state index is 5.36. The highest BCUT2D eigenvalue weighted by molar-refractivity contribution is 7.80. The number of nitrogens with zero attached hydrogens (tertiary/aromatic N) is 1. The molecule has 0 atom stereocenters. The third-order valence-corrected chi connectivity index (χ3v) is 4.11. The number of aryl methyl sites for hydroxylation is 1. The van der Waals surface area contributed by atoms with E-state index in [0.29, 0.717) is 5.11 Å². The number of anilines is 3. The molecule has 1 saturated heterocycles. The molecule has 2 aromatic carbocycles. The molecule has 4 heteroatoms. The van der Waals surface area contributed by atoms with E-state index in [0.717, 1.165) is 11.4 Å². The minimum absolute atomic E-state index is 0.609. The number of benzene rings is 2. The molecule has 3 rings (SSSR count). The van der Waals surface area contributed by atoms with E-state index in [-0.39, 0.29) is 0 Å². The van der Waals surface area contributed by atoms with E-state index >= 15 is 0 Å². The minimum atomic E-state index is 0.609. The fourth-order valence-corrected chi connectivity index (χ4v) is 2.90. The van der Waals surface area contributed by atoms with Crippen LogP contribution >= 0.6 is 12.2 Å². The second-order valence-electron chi connectivity index (χ2n) is 5.69. The predicted octanol–water partition coefficient (Wildman–Crippen LogP) is 4.40. The highest BCUT2D eigenvalue weighted by Gasteiger charge is 2.11. The summed E-state index contributed by atoms with van der Waals surface area (Å²) in [6.45, 7) is 4.41. The van der Waals surface area contributed by atoms with E-state index in [1.807, 2.05) is 12.1 Å². The van der Waals surface area contributed by atoms with Crippen LogP contribution in [0.5, 0.6) is 0 Å². The molecule has 22 heavy (non-hydrogen) atoms. The predicted molar refractivity (Wildman–Crippen MR) is 98.9 cm³/mol. The molecule has 0 saturated carbocycles. The summed E-state index contributed by atoms with van der Waals surface area (Å²) in [5.74, 6) is 0. The van der Waals surface area contributed by atoms with Gasteiger partial charge in [0, 0.05) is 30.2 Å². The van der Waals surface area contributed by atoms with Gasteiger partial charge in [-0.25, -0.2) is 0 Å². The molecule has 1 aliphatic heterocycles. The van der Waals surface area contributed by atoms with Crippen molar-refractivity contribution in [1.82, 2.24) is 0 Å². The summed E-state index contributed by atoms with van der Waals surface area (Å²) in [5, 5.41) is 7.03. The average molecular weight is 311 g/mol. The normalized spacial score (nSPS) is 14.0. The van der Waals surface area contributed by atoms with Crippen LogP contribution in [0.2, 0.25) is 0 Å². The Bertz CT molecular complexity index is 628. The second kappa shape index (κ2) is 6.79. The van der Waals surface area contributed by atoms with E-state index < -0.39 is 0 Å². The van der Waals surface area contributed by atoms with Gasteiger partial charge in [0.1, 0.15) is 0 Å². The summed E-state index contributed by atoms with van der Waals surface area (Å²) >= 11 is 5.36. The van der Waals surface area contributed by atoms with Crippen molar-refractivity contribution in [3.8, 4) is 0 Å². The summed E-state index contributed by atoms with van der Waals surface area (Å²) in [5.41, 5.74) is 4.53. The van der Waals surface area contributed by atoms with Gasteiger partial charge in [0.2, 0.25) is 0 Å². The minimum Gasteiger partial charge on any atom is -0.372 e. The molecule has 1 aliphatic rings. The molecule has 1 fully saturated rings. The summed E-state index contributed by atoms with van der Waals surface area (Å²) < 4.78 is 0. The quantitative estimate of drug-likeness (QED) is 0.821. The molecule has 0 amide bonds. The van der Waals surface area contributed by atoms with Crippen LogP contribution in [0, 0.1) is 6.92 Å². The molecular formula is C18H21N3S. The molecule has 0 spiro atoms. The lowest BCUT2D eigenvalue weighted by Crippen LogP contribution is -2.19. The zero-order valence-corrected chi connectivity index (χ0v) is 13.6. The van der Waals surface area contributed by atoms with E-state index in [9.17, 15) is 0 Å². The lowest BCUT2D eigenvalue weighted by atomic mass is 10.2. The average Bonchev–Trinajstić information content (AvgIpc) is 3.05. The van der Waals surface area contributed by atoms with Crippen molar-refractivity contribution in [2.45, 2.75) is 19.8 Å². The number of nitrogens with one attached hydrogen (secondary N) is 2. The Morgan fingerprint density at radius 2 is 1.36 bits per heavy atom. The van der Waals surface area contributed by atoms with Gasteiger partial charge < -0.3 is 15.5 Å². The van der Waals surface area contributed by atoms with Gasteiger partial charge in [0.25, 0.3) is 0 Å². The van der Waals surface area contributed by atoms with Gasteiger partial charge in [-0.1, -0.05) is 17.7 Å². The first-order chi connectivity index (χ1) is 10.7. The van der Waals surface area contributed by atoms with Gasteiger partial charge in [0.15, 0.2) is 5.11 Å². The van der Waals surface area contributed by atoms with Crippen molar-refractivity contribution in [2.24, 2.45) is 0 Å². The summed E-state index contributed by atoms with van der Waals surface area (Å²) in [7, 11) is 0. The maximum absolute atomic E-state index is 5.36. The fourth-order valence-electron chi connectivity index (χ4n) is 2.66. The van der Waals surface area contributed by atoms with Crippen molar-refractivity contribution in [3.63, 3.8) is 0 Å². The molecule has 3 nitrogen and oxygen atoms in total. The van der Waals surface area contributed by atoms with Crippen molar-refractivity contribution in [3.05, 3.63) is 54.1 Å². The Balaban J connectivity index is 1.57. The van der Waals surface area contributed by atoms with Crippen LogP contribution in [0.1, 0.15) is 18.4 Å². The van der Waals surface area contributed by atoms with E-state index in [1.165, 1.54) is 37.2 Å². The summed E-state index contributed by atoms with van der Waals surface area (Å²) in [6.07, 6.45) is 2.59. The highest BCUT2D eigenvalue weighted by atomic mass is 32.1. The van der Waals surface area contributed by atoms with Crippen LogP contribution in [0.3, 0.4) is 0 Å². The Morgan fingerprint density at radius 1 is 0.864 bits per heavy atom. The second-order valence-corrected chi connectivity index (χ2v) is 6.09. The van der Waals surface area contributed by atoms with Crippen LogP contribution in [0.4, 0.5) is 17.1 Å². The molecule has 1 heterocycles. The molecule has 0 radical (unpaired) electrons. The van der Waals surface area contributed by atoms with Gasteiger partial charge in [-0.05, 0) is 68.4 Å². The maximum Gasteiger partial charge on any atom is 0.175 e. The number of hydrogen-bond donors (Lipinski definition) is 2. The van der Waals surface area contributed by atoms with E-state index in [2.05, 4.69) is 58.9 Å². The molecule has 0 aromatic heterocycles. The first-order valence-electron chi connectivity index (χ1n) is 7.70. The zero-order chi connectivity index (χ0) is 15.4. The number of rotatable bonds is 3.